The standard InChI is InChI=1S/C10H21N3O/c1-10(2)3-7-13(8-4-10)9(14)12-6-5-11/h3-8,11H2,1-2H3,(H,12,14). The van der Waals surface area contributed by atoms with Gasteiger partial charge in [0.2, 0.25) is 0 Å². The van der Waals surface area contributed by atoms with Crippen molar-refractivity contribution in [2.45, 2.75) is 26.7 Å². The second-order valence-corrected chi connectivity index (χ2v) is 4.67. The Bertz CT molecular complexity index is 194. The zero-order valence-corrected chi connectivity index (χ0v) is 9.18. The van der Waals surface area contributed by atoms with Gasteiger partial charge in [-0.05, 0) is 18.3 Å². The Kier molecular flexibility index (Phi) is 3.75. The Morgan fingerprint density at radius 1 is 1.43 bits per heavy atom. The molecule has 1 aliphatic rings. The van der Waals surface area contributed by atoms with Crippen molar-refractivity contribution in [2.75, 3.05) is 26.2 Å². The van der Waals surface area contributed by atoms with Crippen LogP contribution in [0.5, 0.6) is 0 Å². The second-order valence-electron chi connectivity index (χ2n) is 4.67. The van der Waals surface area contributed by atoms with E-state index in [0.717, 1.165) is 25.9 Å². The summed E-state index contributed by atoms with van der Waals surface area (Å²) < 4.78 is 0. The van der Waals surface area contributed by atoms with Crippen LogP contribution in [0.1, 0.15) is 26.7 Å². The Balaban J connectivity index is 2.30. The number of nitrogens with two attached hydrogens (primary N) is 1. The Hall–Kier alpha value is -0.770. The lowest BCUT2D eigenvalue weighted by Gasteiger charge is -2.36. The van der Waals surface area contributed by atoms with E-state index in [1.165, 1.54) is 0 Å². The molecule has 1 aliphatic heterocycles. The van der Waals surface area contributed by atoms with Crippen LogP contribution in [0.25, 0.3) is 0 Å². The van der Waals surface area contributed by atoms with E-state index in [-0.39, 0.29) is 6.03 Å². The van der Waals surface area contributed by atoms with Gasteiger partial charge >= 0.3 is 6.03 Å². The van der Waals surface area contributed by atoms with Crippen LogP contribution in [0, 0.1) is 5.41 Å². The number of nitrogens with zero attached hydrogens (tertiary/aromatic N) is 1. The van der Waals surface area contributed by atoms with Crippen molar-refractivity contribution in [2.24, 2.45) is 11.1 Å². The molecule has 1 rings (SSSR count). The molecule has 0 aromatic heterocycles. The van der Waals surface area contributed by atoms with Crippen LogP contribution in [-0.2, 0) is 0 Å². The molecule has 0 atom stereocenters. The maximum absolute atomic E-state index is 11.5. The monoisotopic (exact) mass is 199 g/mol. The third-order valence-electron chi connectivity index (χ3n) is 2.82. The average Bonchev–Trinajstić information content (AvgIpc) is 2.14. The summed E-state index contributed by atoms with van der Waals surface area (Å²) >= 11 is 0. The molecule has 0 aromatic rings. The van der Waals surface area contributed by atoms with Gasteiger partial charge in [0, 0.05) is 26.2 Å². The number of hydrogen-bond donors (Lipinski definition) is 2. The maximum Gasteiger partial charge on any atom is 0.317 e. The molecule has 1 fully saturated rings. The molecule has 2 amide bonds. The van der Waals surface area contributed by atoms with E-state index in [9.17, 15) is 4.79 Å². The van der Waals surface area contributed by atoms with E-state index in [1.54, 1.807) is 0 Å². The fraction of sp³-hybridized carbons (Fsp3) is 0.900. The number of likely N-dealkylation sites (tertiary alicyclic amines) is 1. The van der Waals surface area contributed by atoms with Crippen LogP contribution in [-0.4, -0.2) is 37.1 Å². The van der Waals surface area contributed by atoms with E-state index in [2.05, 4.69) is 19.2 Å². The van der Waals surface area contributed by atoms with Crippen molar-refractivity contribution >= 4 is 6.03 Å². The molecule has 0 aromatic carbocycles. The number of urea groups is 1. The third kappa shape index (κ3) is 3.18. The van der Waals surface area contributed by atoms with Gasteiger partial charge in [-0.25, -0.2) is 4.79 Å². The van der Waals surface area contributed by atoms with E-state index < -0.39 is 0 Å². The van der Waals surface area contributed by atoms with Crippen molar-refractivity contribution < 1.29 is 4.79 Å². The highest BCUT2D eigenvalue weighted by Crippen LogP contribution is 2.29. The number of nitrogens with one attached hydrogen (secondary N) is 1. The van der Waals surface area contributed by atoms with Gasteiger partial charge in [-0.2, -0.15) is 0 Å². The maximum atomic E-state index is 11.5. The first-order chi connectivity index (χ1) is 6.55. The highest BCUT2D eigenvalue weighted by atomic mass is 16.2. The fourth-order valence-electron chi connectivity index (χ4n) is 1.61. The van der Waals surface area contributed by atoms with Gasteiger partial charge < -0.3 is 16.0 Å². The molecule has 4 nitrogen and oxygen atoms in total. The summed E-state index contributed by atoms with van der Waals surface area (Å²) in [5.41, 5.74) is 5.71. The molecule has 4 heteroatoms. The average molecular weight is 199 g/mol. The molecule has 1 heterocycles. The highest BCUT2D eigenvalue weighted by molar-refractivity contribution is 5.74. The zero-order chi connectivity index (χ0) is 10.6. The molecular weight excluding hydrogens is 178 g/mol. The molecule has 0 unspecified atom stereocenters. The van der Waals surface area contributed by atoms with Crippen molar-refractivity contribution in [1.82, 2.24) is 10.2 Å². The van der Waals surface area contributed by atoms with Crippen LogP contribution >= 0.6 is 0 Å². The van der Waals surface area contributed by atoms with Crippen LogP contribution in [0.4, 0.5) is 4.79 Å². The molecule has 1 saturated heterocycles. The summed E-state index contributed by atoms with van der Waals surface area (Å²) in [5, 5.41) is 2.79. The van der Waals surface area contributed by atoms with Crippen molar-refractivity contribution in [3.8, 4) is 0 Å². The molecule has 82 valence electrons. The largest absolute Gasteiger partial charge is 0.337 e. The number of piperidine rings is 1. The summed E-state index contributed by atoms with van der Waals surface area (Å²) in [4.78, 5) is 13.4. The van der Waals surface area contributed by atoms with Gasteiger partial charge in [0.05, 0.1) is 0 Å². The van der Waals surface area contributed by atoms with Gasteiger partial charge in [0.1, 0.15) is 0 Å². The van der Waals surface area contributed by atoms with Crippen LogP contribution in [0.3, 0.4) is 0 Å². The SMILES string of the molecule is CC1(C)CCN(C(=O)NCCN)CC1. The summed E-state index contributed by atoms with van der Waals surface area (Å²) in [6.07, 6.45) is 2.17. The summed E-state index contributed by atoms with van der Waals surface area (Å²) in [6.45, 7) is 7.31. The molecular formula is C10H21N3O. The quantitative estimate of drug-likeness (QED) is 0.690. The number of rotatable bonds is 2. The summed E-state index contributed by atoms with van der Waals surface area (Å²) in [7, 11) is 0. The first-order valence-corrected chi connectivity index (χ1v) is 5.28. The number of carbonyl (C=O) groups is 1. The first-order valence-electron chi connectivity index (χ1n) is 5.28. The van der Waals surface area contributed by atoms with Crippen LogP contribution < -0.4 is 11.1 Å². The number of carbonyl (C=O) groups excluding carboxylic acids is 1. The smallest absolute Gasteiger partial charge is 0.317 e. The molecule has 0 spiro atoms. The van der Waals surface area contributed by atoms with Crippen molar-refractivity contribution in [3.63, 3.8) is 0 Å². The molecule has 3 N–H and O–H groups in total. The van der Waals surface area contributed by atoms with Crippen LogP contribution in [0.15, 0.2) is 0 Å². The van der Waals surface area contributed by atoms with E-state index >= 15 is 0 Å². The normalized spacial score (nSPS) is 20.6. The van der Waals surface area contributed by atoms with Gasteiger partial charge in [0.15, 0.2) is 0 Å². The molecule has 0 radical (unpaired) electrons. The minimum Gasteiger partial charge on any atom is -0.337 e. The third-order valence-corrected chi connectivity index (χ3v) is 2.82. The van der Waals surface area contributed by atoms with Gasteiger partial charge in [-0.15, -0.1) is 0 Å². The second kappa shape index (κ2) is 4.64. The Morgan fingerprint density at radius 3 is 2.50 bits per heavy atom. The van der Waals surface area contributed by atoms with Crippen LogP contribution in [0.2, 0.25) is 0 Å². The summed E-state index contributed by atoms with van der Waals surface area (Å²) in [6, 6.07) is 0.0333. The Labute approximate surface area is 85.8 Å². The number of hydrogen-bond acceptors (Lipinski definition) is 2. The lowest BCUT2D eigenvalue weighted by molar-refractivity contribution is 0.140. The topological polar surface area (TPSA) is 58.4 Å². The predicted octanol–water partition coefficient (Wildman–Crippen LogP) is 0.777. The van der Waals surface area contributed by atoms with Gasteiger partial charge in [-0.1, -0.05) is 13.8 Å². The lowest BCUT2D eigenvalue weighted by Crippen LogP contribution is -2.47. The minimum atomic E-state index is 0.0333. The molecule has 0 aliphatic carbocycles. The van der Waals surface area contributed by atoms with E-state index in [0.29, 0.717) is 18.5 Å². The lowest BCUT2D eigenvalue weighted by atomic mass is 9.83. The highest BCUT2D eigenvalue weighted by Gasteiger charge is 2.27. The predicted molar refractivity (Wildman–Crippen MR) is 57.0 cm³/mol. The summed E-state index contributed by atoms with van der Waals surface area (Å²) in [5.74, 6) is 0. The minimum absolute atomic E-state index is 0.0333. The van der Waals surface area contributed by atoms with Crippen molar-refractivity contribution in [3.05, 3.63) is 0 Å². The van der Waals surface area contributed by atoms with E-state index in [1.807, 2.05) is 4.90 Å². The fourth-order valence-corrected chi connectivity index (χ4v) is 1.61. The van der Waals surface area contributed by atoms with Gasteiger partial charge in [-0.3, -0.25) is 0 Å². The first kappa shape index (κ1) is 11.3. The zero-order valence-electron chi connectivity index (χ0n) is 9.18. The van der Waals surface area contributed by atoms with E-state index in [4.69, 9.17) is 5.73 Å². The number of amides is 2. The van der Waals surface area contributed by atoms with Crippen molar-refractivity contribution in [1.29, 1.82) is 0 Å². The van der Waals surface area contributed by atoms with Gasteiger partial charge in [0.25, 0.3) is 0 Å². The molecule has 0 bridgehead atoms. The molecule has 14 heavy (non-hydrogen) atoms. The molecule has 0 saturated carbocycles. The Morgan fingerprint density at radius 2 is 2.00 bits per heavy atom.